The van der Waals surface area contributed by atoms with Crippen LogP contribution in [0.1, 0.15) is 11.1 Å². The van der Waals surface area contributed by atoms with Gasteiger partial charge >= 0.3 is 7.69 Å². The van der Waals surface area contributed by atoms with Gasteiger partial charge in [0, 0.05) is 22.2 Å². The van der Waals surface area contributed by atoms with E-state index in [0.29, 0.717) is 0 Å². The number of benzene rings is 2. The Morgan fingerprint density at radius 1 is 0.621 bits per heavy atom. The minimum atomic E-state index is 0.0311. The summed E-state index contributed by atoms with van der Waals surface area (Å²) in [6, 6.07) is 21.1. The Bertz CT molecular complexity index is 936. The zero-order valence-electron chi connectivity index (χ0n) is 16.0. The fourth-order valence-corrected chi connectivity index (χ4v) is 6.00. The van der Waals surface area contributed by atoms with Gasteiger partial charge in [0.15, 0.2) is 0 Å². The molecule has 0 aliphatic carbocycles. The van der Waals surface area contributed by atoms with Gasteiger partial charge in [0.25, 0.3) is 0 Å². The molecule has 4 rings (SSSR count). The second-order valence-corrected chi connectivity index (χ2v) is 10.0. The first kappa shape index (κ1) is 19.8. The Kier molecular flexibility index (Phi) is 7.05. The fourth-order valence-electron chi connectivity index (χ4n) is 2.91. The third-order valence-electron chi connectivity index (χ3n) is 4.28. The molecule has 0 fully saturated rings. The maximum Gasteiger partial charge on any atom is 0.658 e. The van der Waals surface area contributed by atoms with Crippen LogP contribution in [-0.2, 0) is 20.8 Å². The maximum absolute atomic E-state index is 5.74. The van der Waals surface area contributed by atoms with Crippen molar-refractivity contribution in [1.29, 1.82) is 0 Å². The summed E-state index contributed by atoms with van der Waals surface area (Å²) in [7, 11) is 1.49. The van der Waals surface area contributed by atoms with Crippen molar-refractivity contribution < 1.29 is 9.31 Å². The Labute approximate surface area is 178 Å². The van der Waals surface area contributed by atoms with Crippen LogP contribution in [-0.4, -0.2) is 18.4 Å². The van der Waals surface area contributed by atoms with E-state index in [4.69, 9.17) is 9.31 Å². The number of hydrogen-bond acceptors (Lipinski definition) is 2. The van der Waals surface area contributed by atoms with Crippen molar-refractivity contribution in [2.75, 3.05) is 0 Å². The van der Waals surface area contributed by atoms with Crippen molar-refractivity contribution in [2.45, 2.75) is 11.5 Å². The van der Waals surface area contributed by atoms with Crippen LogP contribution in [0.3, 0.4) is 0 Å². The molecule has 0 aromatic heterocycles. The van der Waals surface area contributed by atoms with Crippen molar-refractivity contribution in [3.05, 3.63) is 118 Å². The van der Waals surface area contributed by atoms with Crippen LogP contribution < -0.4 is 0 Å². The average molecular weight is 417 g/mol. The molecule has 0 bridgehead atoms. The Morgan fingerprint density at radius 3 is 1.52 bits per heavy atom. The summed E-state index contributed by atoms with van der Waals surface area (Å²) in [5.74, 6) is 3.62. The summed E-state index contributed by atoms with van der Waals surface area (Å²) in [5, 5.41) is 8.76. The molecule has 5 heteroatoms. The van der Waals surface area contributed by atoms with Crippen molar-refractivity contribution >= 4 is 39.4 Å². The molecule has 2 aliphatic rings. The fraction of sp³-hybridized carbons (Fsp3) is 0.0833. The monoisotopic (exact) mass is 417 g/mol. The van der Waals surface area contributed by atoms with Gasteiger partial charge in [-0.1, -0.05) is 72.8 Å². The molecule has 2 aromatic carbocycles. The Morgan fingerprint density at radius 2 is 1.07 bits per heavy atom. The molecule has 2 unspecified atom stereocenters. The van der Waals surface area contributed by atoms with Crippen LogP contribution in [0.15, 0.2) is 107 Å². The summed E-state index contributed by atoms with van der Waals surface area (Å²) < 4.78 is 11.5. The van der Waals surface area contributed by atoms with Gasteiger partial charge in [-0.05, 0) is 34.1 Å². The van der Waals surface area contributed by atoms with Crippen molar-refractivity contribution in [3.63, 3.8) is 0 Å². The lowest BCUT2D eigenvalue weighted by atomic mass is 10.2. The van der Waals surface area contributed by atoms with Gasteiger partial charge in [0.05, 0.1) is 0 Å². The predicted molar refractivity (Wildman–Crippen MR) is 130 cm³/mol. The lowest BCUT2D eigenvalue weighted by Gasteiger charge is -2.14. The van der Waals surface area contributed by atoms with E-state index in [2.05, 4.69) is 82.2 Å². The normalized spacial score (nSPS) is 20.0. The topological polar surface area (TPSA) is 18.5 Å². The molecule has 2 nitrogen and oxygen atoms in total. The van der Waals surface area contributed by atoms with Crippen LogP contribution in [0.25, 0.3) is 0 Å². The molecule has 0 N–H and O–H groups in total. The second-order valence-electron chi connectivity index (χ2n) is 6.56. The molecule has 0 saturated heterocycles. The van der Waals surface area contributed by atoms with Gasteiger partial charge in [-0.15, -0.1) is 0 Å². The van der Waals surface area contributed by atoms with Crippen molar-refractivity contribution in [1.82, 2.24) is 0 Å². The SMILES string of the molecule is [B](OC1=CC=CS(Cc2ccccc2)=C1)OC1=CC=CS(Cc2ccccc2)=C1. The highest BCUT2D eigenvalue weighted by Crippen LogP contribution is 2.26. The highest BCUT2D eigenvalue weighted by atomic mass is 32.2. The third-order valence-corrected chi connectivity index (χ3v) is 7.70. The van der Waals surface area contributed by atoms with Gasteiger partial charge in [-0.3, -0.25) is 0 Å². The summed E-state index contributed by atoms with van der Waals surface area (Å²) in [6.45, 7) is 0. The summed E-state index contributed by atoms with van der Waals surface area (Å²) in [5.41, 5.74) is 2.66. The van der Waals surface area contributed by atoms with Crippen LogP contribution >= 0.6 is 21.0 Å². The molecular formula is C24H22BO2S2. The molecule has 29 heavy (non-hydrogen) atoms. The van der Waals surface area contributed by atoms with E-state index in [1.807, 2.05) is 24.3 Å². The van der Waals surface area contributed by atoms with E-state index >= 15 is 0 Å². The van der Waals surface area contributed by atoms with Gasteiger partial charge in [-0.25, -0.2) is 0 Å². The van der Waals surface area contributed by atoms with E-state index in [0.717, 1.165) is 23.0 Å². The predicted octanol–water partition coefficient (Wildman–Crippen LogP) is 5.92. The van der Waals surface area contributed by atoms with Crippen LogP contribution in [0.2, 0.25) is 0 Å². The lowest BCUT2D eigenvalue weighted by molar-refractivity contribution is 0.354. The van der Waals surface area contributed by atoms with E-state index in [1.54, 1.807) is 0 Å². The molecule has 1 radical (unpaired) electrons. The van der Waals surface area contributed by atoms with Crippen molar-refractivity contribution in [2.24, 2.45) is 0 Å². The van der Waals surface area contributed by atoms with Crippen LogP contribution in [0, 0.1) is 0 Å². The summed E-state index contributed by atoms with van der Waals surface area (Å²) in [6.07, 6.45) is 8.04. The minimum absolute atomic E-state index is 0.0311. The summed E-state index contributed by atoms with van der Waals surface area (Å²) in [4.78, 5) is 0. The number of rotatable bonds is 8. The molecule has 145 valence electrons. The molecule has 0 spiro atoms. The molecule has 0 saturated carbocycles. The molecule has 2 atom stereocenters. The van der Waals surface area contributed by atoms with Crippen LogP contribution in [0.5, 0.6) is 0 Å². The average Bonchev–Trinajstić information content (AvgIpc) is 2.76. The van der Waals surface area contributed by atoms with Gasteiger partial charge < -0.3 is 9.31 Å². The maximum atomic E-state index is 5.74. The van der Waals surface area contributed by atoms with Gasteiger partial charge in [-0.2, -0.15) is 21.0 Å². The van der Waals surface area contributed by atoms with E-state index in [9.17, 15) is 0 Å². The Balaban J connectivity index is 1.28. The number of allylic oxidation sites excluding steroid dienone is 6. The highest BCUT2D eigenvalue weighted by Gasteiger charge is 2.08. The quantitative estimate of drug-likeness (QED) is 0.392. The zero-order chi connectivity index (χ0) is 19.7. The molecule has 2 heterocycles. The first-order chi connectivity index (χ1) is 14.3. The smallest absolute Gasteiger partial charge is 0.526 e. The molecular weight excluding hydrogens is 395 g/mol. The van der Waals surface area contributed by atoms with E-state index in [1.165, 1.54) is 18.8 Å². The minimum Gasteiger partial charge on any atom is -0.526 e. The first-order valence-electron chi connectivity index (χ1n) is 9.42. The van der Waals surface area contributed by atoms with E-state index < -0.39 is 0 Å². The lowest BCUT2D eigenvalue weighted by Crippen LogP contribution is -2.07. The first-order valence-corrected chi connectivity index (χ1v) is 12.5. The molecule has 0 amide bonds. The van der Waals surface area contributed by atoms with E-state index in [-0.39, 0.29) is 21.0 Å². The standard InChI is InChI=1S/C24H22BO2S2/c1-3-9-21(10-4-1)17-28-15-7-13-23(19-28)26-25-27-24-14-8-16-29(20-24)18-22-11-5-2-6-12-22/h1-16,19-20H,17-18H2. The second kappa shape index (κ2) is 10.3. The van der Waals surface area contributed by atoms with Gasteiger partial charge in [0.2, 0.25) is 0 Å². The summed E-state index contributed by atoms with van der Waals surface area (Å²) >= 11 is 0. The Hall–Kier alpha value is -2.50. The van der Waals surface area contributed by atoms with Crippen LogP contribution in [0.4, 0.5) is 0 Å². The highest BCUT2D eigenvalue weighted by molar-refractivity contribution is 8.17. The van der Waals surface area contributed by atoms with Gasteiger partial charge in [0.1, 0.15) is 11.5 Å². The molecule has 2 aliphatic heterocycles. The molecule has 2 aromatic rings. The van der Waals surface area contributed by atoms with Crippen molar-refractivity contribution in [3.8, 4) is 0 Å². The largest absolute Gasteiger partial charge is 0.658 e. The third kappa shape index (κ3) is 6.24. The zero-order valence-corrected chi connectivity index (χ0v) is 17.6. The number of hydrogen-bond donors (Lipinski definition) is 0.